The Balaban J connectivity index is 3.06. The molecule has 0 aliphatic carbocycles. The third kappa shape index (κ3) is 2.91. The van der Waals surface area contributed by atoms with Gasteiger partial charge in [0, 0.05) is 0 Å². The van der Waals surface area contributed by atoms with E-state index in [0.717, 1.165) is 6.07 Å². The van der Waals surface area contributed by atoms with E-state index in [-0.39, 0.29) is 17.1 Å². The van der Waals surface area contributed by atoms with E-state index >= 15 is 0 Å². The molecule has 0 bridgehead atoms. The lowest BCUT2D eigenvalue weighted by molar-refractivity contribution is -0.384. The zero-order chi connectivity index (χ0) is 12.1. The van der Waals surface area contributed by atoms with Crippen LogP contribution in [0.2, 0.25) is 0 Å². The summed E-state index contributed by atoms with van der Waals surface area (Å²) in [5, 5.41) is 13.1. The highest BCUT2D eigenvalue weighted by Crippen LogP contribution is 2.29. The van der Waals surface area contributed by atoms with Gasteiger partial charge in [0.1, 0.15) is 11.4 Å². The smallest absolute Gasteiger partial charge is 0.387 e. The Morgan fingerprint density at radius 2 is 2.25 bits per heavy atom. The number of ether oxygens (including phenoxy) is 1. The van der Waals surface area contributed by atoms with Crippen LogP contribution in [0.5, 0.6) is 5.75 Å². The monoisotopic (exact) mass is 230 g/mol. The van der Waals surface area contributed by atoms with Crippen LogP contribution < -0.4 is 10.1 Å². The van der Waals surface area contributed by atoms with E-state index < -0.39 is 11.5 Å². The molecule has 0 aliphatic heterocycles. The maximum Gasteiger partial charge on any atom is 0.387 e. The molecule has 0 fully saturated rings. The van der Waals surface area contributed by atoms with Crippen LogP contribution >= 0.6 is 0 Å². The van der Waals surface area contributed by atoms with Gasteiger partial charge in [-0.1, -0.05) is 6.58 Å². The summed E-state index contributed by atoms with van der Waals surface area (Å²) in [6.45, 7) is 0.326. The highest BCUT2D eigenvalue weighted by atomic mass is 19.3. The quantitative estimate of drug-likeness (QED) is 0.623. The number of benzene rings is 1. The minimum Gasteiger partial charge on any atom is -0.435 e. The summed E-state index contributed by atoms with van der Waals surface area (Å²) in [6.07, 6.45) is 1.25. The molecular weight excluding hydrogens is 222 g/mol. The maximum atomic E-state index is 11.9. The lowest BCUT2D eigenvalue weighted by Gasteiger charge is -2.06. The summed E-state index contributed by atoms with van der Waals surface area (Å²) in [6, 6.07) is 3.38. The number of alkyl halides is 2. The standard InChI is InChI=1S/C9H8F2N2O3/c1-2-12-7-4-3-6(16-9(10)11)5-8(7)13(14)15/h2-5,9,12H,1H2. The molecule has 0 amide bonds. The Bertz CT molecular complexity index is 410. The molecular formula is C9H8F2N2O3. The van der Waals surface area contributed by atoms with E-state index in [4.69, 9.17) is 0 Å². The third-order valence-corrected chi connectivity index (χ3v) is 1.65. The molecule has 86 valence electrons. The van der Waals surface area contributed by atoms with Crippen molar-refractivity contribution in [2.24, 2.45) is 0 Å². The molecule has 1 N–H and O–H groups in total. The Labute approximate surface area is 89.5 Å². The lowest BCUT2D eigenvalue weighted by atomic mass is 10.2. The zero-order valence-electron chi connectivity index (χ0n) is 8.02. The van der Waals surface area contributed by atoms with Crippen molar-refractivity contribution in [3.05, 3.63) is 41.1 Å². The normalized spacial score (nSPS) is 9.94. The first-order valence-electron chi connectivity index (χ1n) is 4.15. The summed E-state index contributed by atoms with van der Waals surface area (Å²) >= 11 is 0. The van der Waals surface area contributed by atoms with Gasteiger partial charge in [0.2, 0.25) is 0 Å². The summed E-state index contributed by atoms with van der Waals surface area (Å²) in [4.78, 5) is 9.92. The van der Waals surface area contributed by atoms with Crippen molar-refractivity contribution >= 4 is 11.4 Å². The van der Waals surface area contributed by atoms with Gasteiger partial charge in [-0.2, -0.15) is 8.78 Å². The van der Waals surface area contributed by atoms with Gasteiger partial charge in [0.15, 0.2) is 0 Å². The Morgan fingerprint density at radius 3 is 2.75 bits per heavy atom. The van der Waals surface area contributed by atoms with Gasteiger partial charge in [0.25, 0.3) is 5.69 Å². The second-order valence-corrected chi connectivity index (χ2v) is 2.66. The van der Waals surface area contributed by atoms with Gasteiger partial charge in [-0.25, -0.2) is 0 Å². The van der Waals surface area contributed by atoms with Gasteiger partial charge in [-0.15, -0.1) is 0 Å². The average Bonchev–Trinajstić information content (AvgIpc) is 2.19. The number of nitro benzene ring substituents is 1. The van der Waals surface area contributed by atoms with Crippen LogP contribution in [-0.4, -0.2) is 11.5 Å². The molecule has 0 spiro atoms. The van der Waals surface area contributed by atoms with Crippen molar-refractivity contribution in [1.29, 1.82) is 0 Å². The number of nitrogens with zero attached hydrogens (tertiary/aromatic N) is 1. The molecule has 0 saturated heterocycles. The van der Waals surface area contributed by atoms with E-state index in [0.29, 0.717) is 0 Å². The van der Waals surface area contributed by atoms with Gasteiger partial charge in [0.05, 0.1) is 11.0 Å². The second kappa shape index (κ2) is 5.06. The summed E-state index contributed by atoms with van der Waals surface area (Å²) in [5.41, 5.74) is -0.209. The first kappa shape index (κ1) is 11.9. The molecule has 7 heteroatoms. The Hall–Kier alpha value is -2.18. The first-order chi connectivity index (χ1) is 7.54. The number of hydrogen-bond donors (Lipinski definition) is 1. The molecule has 0 radical (unpaired) electrons. The molecule has 0 aliphatic rings. The highest BCUT2D eigenvalue weighted by Gasteiger charge is 2.15. The van der Waals surface area contributed by atoms with Crippen molar-refractivity contribution < 1.29 is 18.4 Å². The fourth-order valence-corrected chi connectivity index (χ4v) is 1.07. The summed E-state index contributed by atoms with van der Waals surface area (Å²) < 4.78 is 27.8. The molecule has 1 rings (SSSR count). The van der Waals surface area contributed by atoms with Gasteiger partial charge < -0.3 is 10.1 Å². The highest BCUT2D eigenvalue weighted by molar-refractivity contribution is 5.64. The van der Waals surface area contributed by atoms with Gasteiger partial charge in [-0.3, -0.25) is 10.1 Å². The van der Waals surface area contributed by atoms with Crippen LogP contribution in [0.3, 0.4) is 0 Å². The number of rotatable bonds is 5. The van der Waals surface area contributed by atoms with Crippen LogP contribution in [0.15, 0.2) is 31.0 Å². The van der Waals surface area contributed by atoms with Crippen molar-refractivity contribution in [3.8, 4) is 5.75 Å². The van der Waals surface area contributed by atoms with Gasteiger partial charge >= 0.3 is 6.61 Å². The molecule has 0 atom stereocenters. The Kier molecular flexibility index (Phi) is 3.76. The van der Waals surface area contributed by atoms with E-state index in [9.17, 15) is 18.9 Å². The van der Waals surface area contributed by atoms with Crippen LogP contribution in [0.25, 0.3) is 0 Å². The van der Waals surface area contributed by atoms with E-state index in [1.54, 1.807) is 0 Å². The third-order valence-electron chi connectivity index (χ3n) is 1.65. The molecule has 0 unspecified atom stereocenters. The fraction of sp³-hybridized carbons (Fsp3) is 0.111. The average molecular weight is 230 g/mol. The zero-order valence-corrected chi connectivity index (χ0v) is 8.02. The number of nitro groups is 1. The predicted molar refractivity (Wildman–Crippen MR) is 53.5 cm³/mol. The molecule has 0 heterocycles. The number of nitrogens with one attached hydrogen (secondary N) is 1. The Morgan fingerprint density at radius 1 is 1.56 bits per heavy atom. The van der Waals surface area contributed by atoms with Crippen LogP contribution in [0.1, 0.15) is 0 Å². The second-order valence-electron chi connectivity index (χ2n) is 2.66. The SMILES string of the molecule is C=CNc1ccc(OC(F)F)cc1[N+](=O)[O-]. The molecule has 5 nitrogen and oxygen atoms in total. The van der Waals surface area contributed by atoms with Crippen molar-refractivity contribution in [3.63, 3.8) is 0 Å². The topological polar surface area (TPSA) is 64.4 Å². The summed E-state index contributed by atoms with van der Waals surface area (Å²) in [7, 11) is 0. The maximum absolute atomic E-state index is 11.9. The van der Waals surface area contributed by atoms with E-state index in [2.05, 4.69) is 16.6 Å². The molecule has 0 saturated carbocycles. The number of halogens is 2. The predicted octanol–water partition coefficient (Wildman–Crippen LogP) is 2.75. The van der Waals surface area contributed by atoms with E-state index in [1.165, 1.54) is 18.3 Å². The lowest BCUT2D eigenvalue weighted by Crippen LogP contribution is -2.03. The minimum absolute atomic E-state index is 0.154. The van der Waals surface area contributed by atoms with Gasteiger partial charge in [-0.05, 0) is 18.3 Å². The fourth-order valence-electron chi connectivity index (χ4n) is 1.07. The molecule has 1 aromatic carbocycles. The van der Waals surface area contributed by atoms with Crippen LogP contribution in [0, 0.1) is 10.1 Å². The molecule has 1 aromatic rings. The molecule has 0 aromatic heterocycles. The minimum atomic E-state index is -3.02. The van der Waals surface area contributed by atoms with Crippen LogP contribution in [0.4, 0.5) is 20.2 Å². The van der Waals surface area contributed by atoms with Crippen molar-refractivity contribution in [1.82, 2.24) is 0 Å². The number of anilines is 1. The van der Waals surface area contributed by atoms with Crippen molar-refractivity contribution in [2.45, 2.75) is 6.61 Å². The molecule has 16 heavy (non-hydrogen) atoms. The first-order valence-corrected chi connectivity index (χ1v) is 4.15. The van der Waals surface area contributed by atoms with Crippen LogP contribution in [-0.2, 0) is 0 Å². The summed E-state index contributed by atoms with van der Waals surface area (Å²) in [5.74, 6) is -0.267. The number of hydrogen-bond acceptors (Lipinski definition) is 4. The largest absolute Gasteiger partial charge is 0.435 e. The van der Waals surface area contributed by atoms with E-state index in [1.807, 2.05) is 0 Å². The van der Waals surface area contributed by atoms with Crippen molar-refractivity contribution in [2.75, 3.05) is 5.32 Å².